The molecule has 0 aliphatic carbocycles. The van der Waals surface area contributed by atoms with Gasteiger partial charge in [0.1, 0.15) is 0 Å². The van der Waals surface area contributed by atoms with Crippen LogP contribution in [-0.2, 0) is 6.54 Å². The summed E-state index contributed by atoms with van der Waals surface area (Å²) in [4.78, 5) is 0. The molecule has 1 aromatic heterocycles. The molecule has 0 fully saturated rings. The minimum atomic E-state index is 0.575. The van der Waals surface area contributed by atoms with Gasteiger partial charge in [-0.2, -0.15) is 0 Å². The van der Waals surface area contributed by atoms with Gasteiger partial charge in [-0.1, -0.05) is 0 Å². The third-order valence-corrected chi connectivity index (χ3v) is 4.51. The van der Waals surface area contributed by atoms with Gasteiger partial charge in [0.25, 0.3) is 0 Å². The third-order valence-electron chi connectivity index (χ3n) is 2.24. The molecule has 1 nitrogen and oxygen atoms in total. The summed E-state index contributed by atoms with van der Waals surface area (Å²) >= 11 is 0.575. The van der Waals surface area contributed by atoms with E-state index >= 15 is 0 Å². The summed E-state index contributed by atoms with van der Waals surface area (Å²) in [6.07, 6.45) is 1.22. The van der Waals surface area contributed by atoms with E-state index in [1.54, 1.807) is 8.83 Å². The summed E-state index contributed by atoms with van der Waals surface area (Å²) < 4.78 is 5.56. The number of para-hydroxylation sites is 1. The summed E-state index contributed by atoms with van der Waals surface area (Å²) in [5, 5.41) is 0. The van der Waals surface area contributed by atoms with Crippen molar-refractivity contribution < 1.29 is 4.57 Å². The Kier molecular flexibility index (Phi) is 2.52. The molecule has 0 amide bonds. The summed E-state index contributed by atoms with van der Waals surface area (Å²) in [6, 6.07) is 8.78. The molecule has 0 saturated heterocycles. The van der Waals surface area contributed by atoms with Gasteiger partial charge in [0.2, 0.25) is 0 Å². The number of nitrogens with zero attached hydrogens (tertiary/aromatic N) is 1. The Morgan fingerprint density at radius 1 is 1.31 bits per heavy atom. The molecule has 0 saturated carbocycles. The Labute approximate surface area is 84.8 Å². The van der Waals surface area contributed by atoms with Gasteiger partial charge in [-0.15, -0.1) is 0 Å². The minimum absolute atomic E-state index is 0.575. The van der Waals surface area contributed by atoms with Crippen molar-refractivity contribution in [1.29, 1.82) is 0 Å². The van der Waals surface area contributed by atoms with Crippen molar-refractivity contribution in [3.63, 3.8) is 0 Å². The standard InChI is InChI=1S/C11H14NSe/c1-3-8-12-9(2)13-11-7-5-4-6-10(11)12/h4-7H,3,8H2,1-2H3/q+1. The second-order valence-corrected chi connectivity index (χ2v) is 5.83. The average molecular weight is 239 g/mol. The fourth-order valence-electron chi connectivity index (χ4n) is 1.65. The van der Waals surface area contributed by atoms with E-state index in [0.717, 1.165) is 0 Å². The van der Waals surface area contributed by atoms with Crippen LogP contribution >= 0.6 is 0 Å². The van der Waals surface area contributed by atoms with Crippen LogP contribution in [0.4, 0.5) is 0 Å². The van der Waals surface area contributed by atoms with Gasteiger partial charge in [-0.05, 0) is 0 Å². The predicted molar refractivity (Wildman–Crippen MR) is 56.1 cm³/mol. The Bertz CT molecular complexity index is 417. The molecule has 0 unspecified atom stereocenters. The zero-order chi connectivity index (χ0) is 9.26. The number of fused-ring (bicyclic) bond motifs is 1. The number of aryl methyl sites for hydroxylation is 2. The zero-order valence-electron chi connectivity index (χ0n) is 8.08. The molecule has 68 valence electrons. The van der Waals surface area contributed by atoms with Crippen LogP contribution in [0.25, 0.3) is 9.78 Å². The molecule has 0 radical (unpaired) electrons. The topological polar surface area (TPSA) is 3.88 Å². The van der Waals surface area contributed by atoms with E-state index in [2.05, 4.69) is 42.7 Å². The normalized spacial score (nSPS) is 10.9. The second-order valence-electron chi connectivity index (χ2n) is 3.24. The van der Waals surface area contributed by atoms with Crippen LogP contribution in [0.3, 0.4) is 0 Å². The third kappa shape index (κ3) is 1.56. The number of hydrogen-bond acceptors (Lipinski definition) is 0. The Morgan fingerprint density at radius 3 is 2.85 bits per heavy atom. The van der Waals surface area contributed by atoms with Crippen molar-refractivity contribution in [2.75, 3.05) is 0 Å². The van der Waals surface area contributed by atoms with Crippen molar-refractivity contribution in [2.45, 2.75) is 26.8 Å². The van der Waals surface area contributed by atoms with E-state index in [9.17, 15) is 0 Å². The first kappa shape index (κ1) is 8.98. The van der Waals surface area contributed by atoms with Crippen LogP contribution in [0.2, 0.25) is 0 Å². The molecule has 0 bridgehead atoms. The molecular formula is C11H14NSe+. The summed E-state index contributed by atoms with van der Waals surface area (Å²) in [5.74, 6) is 0. The molecule has 0 N–H and O–H groups in total. The van der Waals surface area contributed by atoms with Crippen molar-refractivity contribution >= 4 is 24.3 Å². The molecule has 0 aliphatic heterocycles. The van der Waals surface area contributed by atoms with Gasteiger partial charge < -0.3 is 0 Å². The molecular weight excluding hydrogens is 225 g/mol. The van der Waals surface area contributed by atoms with E-state index < -0.39 is 0 Å². The van der Waals surface area contributed by atoms with Gasteiger partial charge in [-0.25, -0.2) is 0 Å². The second kappa shape index (κ2) is 3.65. The van der Waals surface area contributed by atoms with E-state index in [-0.39, 0.29) is 0 Å². The first-order chi connectivity index (χ1) is 6.33. The van der Waals surface area contributed by atoms with Crippen LogP contribution in [0.1, 0.15) is 17.9 Å². The maximum atomic E-state index is 2.47. The summed E-state index contributed by atoms with van der Waals surface area (Å²) in [7, 11) is 0. The monoisotopic (exact) mass is 240 g/mol. The van der Waals surface area contributed by atoms with E-state index in [4.69, 9.17) is 0 Å². The Morgan fingerprint density at radius 2 is 2.08 bits per heavy atom. The molecule has 0 atom stereocenters. The quantitative estimate of drug-likeness (QED) is 0.556. The van der Waals surface area contributed by atoms with Crippen LogP contribution in [0.15, 0.2) is 24.3 Å². The predicted octanol–water partition coefficient (Wildman–Crippen LogP) is 1.90. The molecule has 13 heavy (non-hydrogen) atoms. The first-order valence-electron chi connectivity index (χ1n) is 4.71. The van der Waals surface area contributed by atoms with Crippen LogP contribution in [0, 0.1) is 6.92 Å². The van der Waals surface area contributed by atoms with Crippen molar-refractivity contribution in [3.05, 3.63) is 28.8 Å². The fraction of sp³-hybridized carbons (Fsp3) is 0.364. The average Bonchev–Trinajstić information content (AvgIpc) is 2.44. The molecule has 0 aliphatic rings. The molecule has 0 spiro atoms. The molecule has 2 heteroatoms. The number of rotatable bonds is 2. The Balaban J connectivity index is 2.64. The SMILES string of the molecule is CCC[n+]1c(C)[se]c2ccccc21. The van der Waals surface area contributed by atoms with Gasteiger partial charge in [0, 0.05) is 0 Å². The van der Waals surface area contributed by atoms with Crippen LogP contribution in [0.5, 0.6) is 0 Å². The van der Waals surface area contributed by atoms with Crippen molar-refractivity contribution in [1.82, 2.24) is 0 Å². The number of hydrogen-bond donors (Lipinski definition) is 0. The molecule has 2 rings (SSSR count). The van der Waals surface area contributed by atoms with Crippen molar-refractivity contribution in [3.8, 4) is 0 Å². The molecule has 1 heterocycles. The van der Waals surface area contributed by atoms with Gasteiger partial charge >= 0.3 is 84.5 Å². The van der Waals surface area contributed by atoms with Gasteiger partial charge in [0.05, 0.1) is 0 Å². The number of benzene rings is 1. The molecule has 2 aromatic rings. The zero-order valence-corrected chi connectivity index (χ0v) is 9.79. The summed E-state index contributed by atoms with van der Waals surface area (Å²) in [5.41, 5.74) is 1.45. The first-order valence-corrected chi connectivity index (χ1v) is 6.42. The van der Waals surface area contributed by atoms with Crippen LogP contribution in [-0.4, -0.2) is 14.5 Å². The Hall–Kier alpha value is -0.591. The summed E-state index contributed by atoms with van der Waals surface area (Å²) in [6.45, 7) is 5.67. The van der Waals surface area contributed by atoms with Crippen molar-refractivity contribution in [2.24, 2.45) is 0 Å². The molecule has 1 aromatic carbocycles. The van der Waals surface area contributed by atoms with Gasteiger partial charge in [0.15, 0.2) is 0 Å². The van der Waals surface area contributed by atoms with E-state index in [1.807, 2.05) is 0 Å². The van der Waals surface area contributed by atoms with E-state index in [1.165, 1.54) is 18.5 Å². The van der Waals surface area contributed by atoms with Gasteiger partial charge in [-0.3, -0.25) is 0 Å². The fourth-order valence-corrected chi connectivity index (χ4v) is 3.85. The van der Waals surface area contributed by atoms with Crippen LogP contribution < -0.4 is 4.57 Å². The van der Waals surface area contributed by atoms with E-state index in [0.29, 0.717) is 14.5 Å². The maximum absolute atomic E-state index is 2.47. The number of aromatic nitrogens is 1.